The summed E-state index contributed by atoms with van der Waals surface area (Å²) in [6, 6.07) is 0. The van der Waals surface area contributed by atoms with Crippen LogP contribution in [-0.2, 0) is 28.6 Å². The summed E-state index contributed by atoms with van der Waals surface area (Å²) in [5.41, 5.74) is 0. The first kappa shape index (κ1) is 75.3. The summed E-state index contributed by atoms with van der Waals surface area (Å²) in [4.78, 5) is 38.4. The lowest BCUT2D eigenvalue weighted by molar-refractivity contribution is -0.167. The molecule has 1 unspecified atom stereocenters. The molecule has 1 atom stereocenters. The molecule has 454 valence electrons. The van der Waals surface area contributed by atoms with E-state index in [0.717, 1.165) is 109 Å². The molecule has 0 saturated carbocycles. The fourth-order valence-corrected chi connectivity index (χ4v) is 9.58. The molecule has 0 spiro atoms. The van der Waals surface area contributed by atoms with Crippen molar-refractivity contribution in [2.24, 2.45) is 0 Å². The molecule has 0 N–H and O–H groups in total. The molecule has 79 heavy (non-hydrogen) atoms. The van der Waals surface area contributed by atoms with Crippen molar-refractivity contribution in [3.8, 4) is 0 Å². The number of esters is 3. The van der Waals surface area contributed by atoms with Gasteiger partial charge in [-0.15, -0.1) is 0 Å². The number of unbranched alkanes of at least 4 members (excludes halogenated alkanes) is 34. The summed E-state index contributed by atoms with van der Waals surface area (Å²) in [6.45, 7) is 6.54. The second-order valence-corrected chi connectivity index (χ2v) is 22.4. The zero-order valence-corrected chi connectivity index (χ0v) is 52.1. The van der Waals surface area contributed by atoms with E-state index in [9.17, 15) is 14.4 Å². The van der Waals surface area contributed by atoms with E-state index in [4.69, 9.17) is 14.2 Å². The van der Waals surface area contributed by atoms with Gasteiger partial charge in [0.05, 0.1) is 0 Å². The van der Waals surface area contributed by atoms with E-state index in [1.165, 1.54) is 180 Å². The maximum Gasteiger partial charge on any atom is 0.306 e. The Morgan fingerprint density at radius 2 is 0.494 bits per heavy atom. The lowest BCUT2D eigenvalue weighted by atomic mass is 10.0. The fraction of sp³-hybridized carbons (Fsp3) is 0.740. The Kier molecular flexibility index (Phi) is 63.7. The Morgan fingerprint density at radius 3 is 0.772 bits per heavy atom. The van der Waals surface area contributed by atoms with Crippen molar-refractivity contribution < 1.29 is 28.6 Å². The van der Waals surface area contributed by atoms with Gasteiger partial charge in [-0.3, -0.25) is 14.4 Å². The first-order valence-corrected chi connectivity index (χ1v) is 33.7. The van der Waals surface area contributed by atoms with Gasteiger partial charge in [0.1, 0.15) is 13.2 Å². The normalized spacial score (nSPS) is 12.7. The predicted molar refractivity (Wildman–Crippen MR) is 344 cm³/mol. The van der Waals surface area contributed by atoms with Crippen LogP contribution in [0.25, 0.3) is 0 Å². The van der Waals surface area contributed by atoms with Crippen molar-refractivity contribution in [3.05, 3.63) is 97.2 Å². The van der Waals surface area contributed by atoms with Gasteiger partial charge in [-0.05, 0) is 83.5 Å². The summed E-state index contributed by atoms with van der Waals surface area (Å²) in [5, 5.41) is 0. The summed E-state index contributed by atoms with van der Waals surface area (Å²) in [5.74, 6) is -0.915. The van der Waals surface area contributed by atoms with Crippen molar-refractivity contribution in [1.82, 2.24) is 0 Å². The van der Waals surface area contributed by atoms with Crippen LogP contribution >= 0.6 is 0 Å². The largest absolute Gasteiger partial charge is 0.462 e. The molecule has 0 bridgehead atoms. The third kappa shape index (κ3) is 65.0. The molecule has 0 aliphatic carbocycles. The lowest BCUT2D eigenvalue weighted by Gasteiger charge is -2.18. The van der Waals surface area contributed by atoms with Gasteiger partial charge in [-0.25, -0.2) is 0 Å². The first-order chi connectivity index (χ1) is 39.0. The molecule has 0 aromatic heterocycles. The van der Waals surface area contributed by atoms with Gasteiger partial charge < -0.3 is 14.2 Å². The Bertz CT molecular complexity index is 1540. The molecule has 0 aromatic carbocycles. The van der Waals surface area contributed by atoms with Gasteiger partial charge in [0.2, 0.25) is 0 Å². The van der Waals surface area contributed by atoms with E-state index in [1.54, 1.807) is 0 Å². The molecule has 0 aliphatic rings. The van der Waals surface area contributed by atoms with E-state index >= 15 is 0 Å². The minimum absolute atomic E-state index is 0.0868. The van der Waals surface area contributed by atoms with Gasteiger partial charge in [0.25, 0.3) is 0 Å². The van der Waals surface area contributed by atoms with Crippen LogP contribution in [0.15, 0.2) is 97.2 Å². The average molecular weight is 1100 g/mol. The zero-order chi connectivity index (χ0) is 57.1. The maximum absolute atomic E-state index is 12.9. The summed E-state index contributed by atoms with van der Waals surface area (Å²) in [7, 11) is 0. The molecule has 6 nitrogen and oxygen atoms in total. The van der Waals surface area contributed by atoms with E-state index in [0.29, 0.717) is 19.3 Å². The van der Waals surface area contributed by atoms with Gasteiger partial charge in [-0.2, -0.15) is 0 Å². The van der Waals surface area contributed by atoms with Crippen LogP contribution in [0, 0.1) is 0 Å². The van der Waals surface area contributed by atoms with Crippen LogP contribution in [0.1, 0.15) is 329 Å². The topological polar surface area (TPSA) is 78.9 Å². The number of hydrogen-bond donors (Lipinski definition) is 0. The Hall–Kier alpha value is -3.67. The number of ether oxygens (including phenoxy) is 3. The molecule has 0 amide bonds. The van der Waals surface area contributed by atoms with Gasteiger partial charge >= 0.3 is 17.9 Å². The van der Waals surface area contributed by atoms with E-state index in [2.05, 4.69) is 118 Å². The molecule has 0 rings (SSSR count). The van der Waals surface area contributed by atoms with Crippen molar-refractivity contribution in [2.45, 2.75) is 335 Å². The monoisotopic (exact) mass is 1100 g/mol. The van der Waals surface area contributed by atoms with Crippen LogP contribution < -0.4 is 0 Å². The van der Waals surface area contributed by atoms with Crippen molar-refractivity contribution in [3.63, 3.8) is 0 Å². The van der Waals surface area contributed by atoms with Crippen molar-refractivity contribution in [1.29, 1.82) is 0 Å². The number of allylic oxidation sites excluding steroid dienone is 16. The summed E-state index contributed by atoms with van der Waals surface area (Å²) < 4.78 is 16.9. The third-order valence-electron chi connectivity index (χ3n) is 14.6. The van der Waals surface area contributed by atoms with Crippen LogP contribution in [0.5, 0.6) is 0 Å². The Morgan fingerprint density at radius 1 is 0.266 bits per heavy atom. The highest BCUT2D eigenvalue weighted by Crippen LogP contribution is 2.17. The first-order valence-electron chi connectivity index (χ1n) is 33.7. The average Bonchev–Trinajstić information content (AvgIpc) is 3.45. The minimum atomic E-state index is -0.794. The van der Waals surface area contributed by atoms with E-state index in [1.807, 2.05) is 0 Å². The number of carbonyl (C=O) groups excluding carboxylic acids is 3. The van der Waals surface area contributed by atoms with Gasteiger partial charge in [0, 0.05) is 19.3 Å². The second-order valence-electron chi connectivity index (χ2n) is 22.4. The third-order valence-corrected chi connectivity index (χ3v) is 14.6. The highest BCUT2D eigenvalue weighted by molar-refractivity contribution is 5.71. The molecule has 0 heterocycles. The van der Waals surface area contributed by atoms with Crippen LogP contribution in [0.3, 0.4) is 0 Å². The maximum atomic E-state index is 12.9. The highest BCUT2D eigenvalue weighted by atomic mass is 16.6. The summed E-state index contributed by atoms with van der Waals surface area (Å²) in [6.07, 6.45) is 89.9. The number of carbonyl (C=O) groups is 3. The molecule has 0 saturated heterocycles. The minimum Gasteiger partial charge on any atom is -0.462 e. The Balaban J connectivity index is 4.42. The van der Waals surface area contributed by atoms with Gasteiger partial charge in [-0.1, -0.05) is 323 Å². The zero-order valence-electron chi connectivity index (χ0n) is 52.1. The van der Waals surface area contributed by atoms with Crippen molar-refractivity contribution in [2.75, 3.05) is 13.2 Å². The fourth-order valence-electron chi connectivity index (χ4n) is 9.58. The smallest absolute Gasteiger partial charge is 0.306 e. The van der Waals surface area contributed by atoms with Crippen LogP contribution in [0.4, 0.5) is 0 Å². The van der Waals surface area contributed by atoms with E-state index < -0.39 is 6.10 Å². The standard InChI is InChI=1S/C73H126O6/c1-4-7-10-13-16-19-22-25-28-31-33-34-35-36-37-38-39-40-41-43-45-48-51-54-57-60-63-66-72(75)78-69-70(68-77-71(74)65-62-59-56-53-50-47-44-30-27-24-21-18-15-12-9-6-3)79-73(76)67-64-61-58-55-52-49-46-42-32-29-26-23-20-17-14-11-8-5-2/h7,10,16,19,25,28,33-34,36-37,39-40,43,45,51,54,70H,4-6,8-9,11-15,17-18,20-24,26-27,29-32,35,38,41-42,44,46-50,52-53,55-69H2,1-3H3/b10-7-,19-16-,28-25-,34-33-,37-36-,40-39-,45-43-,54-51-. The number of rotatable bonds is 61. The molecule has 0 aliphatic heterocycles. The molecule has 0 aromatic rings. The van der Waals surface area contributed by atoms with E-state index in [-0.39, 0.29) is 31.1 Å². The van der Waals surface area contributed by atoms with Crippen molar-refractivity contribution >= 4 is 17.9 Å². The van der Waals surface area contributed by atoms with Crippen LogP contribution in [-0.4, -0.2) is 37.2 Å². The molecular weight excluding hydrogens is 973 g/mol. The van der Waals surface area contributed by atoms with Gasteiger partial charge in [0.15, 0.2) is 6.10 Å². The molecular formula is C73H126O6. The lowest BCUT2D eigenvalue weighted by Crippen LogP contribution is -2.30. The SMILES string of the molecule is CC/C=C\C/C=C\C/C=C\C/C=C\C/C=C\C/C=C\C/C=C\C/C=C\CCCCC(=O)OCC(COC(=O)CCCCCCCCCCCCCCCCCC)OC(=O)CCCCCCCCCCCCCCCCCCCC. The highest BCUT2D eigenvalue weighted by Gasteiger charge is 2.19. The number of hydrogen-bond acceptors (Lipinski definition) is 6. The molecule has 0 fully saturated rings. The Labute approximate surface area is 489 Å². The second kappa shape index (κ2) is 66.8. The molecule has 0 radical (unpaired) electrons. The molecule has 6 heteroatoms. The van der Waals surface area contributed by atoms with Crippen LogP contribution in [0.2, 0.25) is 0 Å². The summed E-state index contributed by atoms with van der Waals surface area (Å²) >= 11 is 0. The predicted octanol–water partition coefficient (Wildman–Crippen LogP) is 23.2. The quantitative estimate of drug-likeness (QED) is 0.0261.